The van der Waals surface area contributed by atoms with Crippen molar-refractivity contribution in [3.63, 3.8) is 0 Å². The van der Waals surface area contributed by atoms with Crippen molar-refractivity contribution in [3.05, 3.63) is 58.1 Å². The summed E-state index contributed by atoms with van der Waals surface area (Å²) in [5, 5.41) is 5.93. The van der Waals surface area contributed by atoms with Gasteiger partial charge in [0, 0.05) is 79.8 Å². The lowest BCUT2D eigenvalue weighted by Gasteiger charge is -2.37. The van der Waals surface area contributed by atoms with Crippen LogP contribution in [0.5, 0.6) is 0 Å². The van der Waals surface area contributed by atoms with Crippen molar-refractivity contribution in [3.8, 4) is 0 Å². The molecule has 9 nitrogen and oxygen atoms in total. The highest BCUT2D eigenvalue weighted by atomic mass is 79.9. The van der Waals surface area contributed by atoms with Crippen molar-refractivity contribution >= 4 is 45.4 Å². The van der Waals surface area contributed by atoms with E-state index in [1.54, 1.807) is 19.2 Å². The average Bonchev–Trinajstić information content (AvgIpc) is 3.05. The standard InChI is InChI=1S/C31H42BrN5O4.C2H6/c1-34-30(39)10-7-24(20-38)35-19-27-28(32)3-2-4-29(27)37-15-11-22(12-16-37)21-41-26-13-17-36(18-14-26)25-8-5-23(6-9-25)31(33)40;1-2/h2-6,8-9,20,22,24,26,35H,7,10-19,21H2,1H3,(H2,33,40)(H,34,39);1-2H3. The van der Waals surface area contributed by atoms with Crippen LogP contribution < -0.4 is 26.2 Å². The number of ether oxygens (including phenoxy) is 1. The zero-order valence-corrected chi connectivity index (χ0v) is 27.4. The molecule has 0 aromatic heterocycles. The van der Waals surface area contributed by atoms with E-state index >= 15 is 0 Å². The lowest BCUT2D eigenvalue weighted by atomic mass is 9.96. The van der Waals surface area contributed by atoms with Gasteiger partial charge in [0.2, 0.25) is 11.8 Å². The number of rotatable bonds is 13. The number of halogens is 1. The Labute approximate surface area is 265 Å². The van der Waals surface area contributed by atoms with Gasteiger partial charge in [-0.15, -0.1) is 0 Å². The largest absolute Gasteiger partial charge is 0.378 e. The maximum absolute atomic E-state index is 11.6. The number of carbonyl (C=O) groups excluding carboxylic acids is 3. The van der Waals surface area contributed by atoms with Gasteiger partial charge < -0.3 is 35.7 Å². The third-order valence-electron chi connectivity index (χ3n) is 8.24. The highest BCUT2D eigenvalue weighted by molar-refractivity contribution is 9.10. The van der Waals surface area contributed by atoms with Crippen LogP contribution in [-0.2, 0) is 20.9 Å². The fourth-order valence-electron chi connectivity index (χ4n) is 5.61. The molecular formula is C33H48BrN5O4. The van der Waals surface area contributed by atoms with E-state index < -0.39 is 5.91 Å². The summed E-state index contributed by atoms with van der Waals surface area (Å²) in [5.41, 5.74) is 9.32. The average molecular weight is 659 g/mol. The van der Waals surface area contributed by atoms with E-state index in [2.05, 4.69) is 48.5 Å². The summed E-state index contributed by atoms with van der Waals surface area (Å²) >= 11 is 3.71. The maximum atomic E-state index is 11.6. The van der Waals surface area contributed by atoms with Gasteiger partial charge in [-0.1, -0.05) is 35.8 Å². The third kappa shape index (κ3) is 10.3. The van der Waals surface area contributed by atoms with Gasteiger partial charge in [-0.2, -0.15) is 0 Å². The normalized spacial score (nSPS) is 16.7. The molecule has 0 radical (unpaired) electrons. The van der Waals surface area contributed by atoms with Gasteiger partial charge in [-0.05, 0) is 74.4 Å². The predicted molar refractivity (Wildman–Crippen MR) is 177 cm³/mol. The molecule has 2 aromatic rings. The first-order valence-corrected chi connectivity index (χ1v) is 16.3. The Kier molecular flexibility index (Phi) is 14.5. The lowest BCUT2D eigenvalue weighted by molar-refractivity contribution is -0.120. The number of aldehydes is 1. The van der Waals surface area contributed by atoms with E-state index in [1.807, 2.05) is 32.0 Å². The van der Waals surface area contributed by atoms with E-state index in [9.17, 15) is 14.4 Å². The van der Waals surface area contributed by atoms with Crippen LogP contribution in [0.3, 0.4) is 0 Å². The molecule has 2 heterocycles. The molecule has 2 saturated heterocycles. The zero-order chi connectivity index (χ0) is 31.2. The number of piperidine rings is 2. The van der Waals surface area contributed by atoms with Crippen LogP contribution in [0.1, 0.15) is 68.3 Å². The molecule has 0 saturated carbocycles. The molecule has 2 aliphatic heterocycles. The second-order valence-electron chi connectivity index (χ2n) is 10.9. The first-order chi connectivity index (χ1) is 20.9. The molecule has 236 valence electrons. The Balaban J connectivity index is 0.00000248. The van der Waals surface area contributed by atoms with E-state index in [0.717, 1.165) is 80.5 Å². The monoisotopic (exact) mass is 657 g/mol. The molecule has 2 aromatic carbocycles. The zero-order valence-electron chi connectivity index (χ0n) is 25.8. The van der Waals surface area contributed by atoms with Crippen molar-refractivity contribution in [2.75, 3.05) is 49.6 Å². The first-order valence-electron chi connectivity index (χ1n) is 15.6. The first kappa shape index (κ1) is 34.5. The molecular weight excluding hydrogens is 610 g/mol. The van der Waals surface area contributed by atoms with Gasteiger partial charge in [0.1, 0.15) is 6.29 Å². The van der Waals surface area contributed by atoms with Crippen LogP contribution in [0, 0.1) is 5.92 Å². The van der Waals surface area contributed by atoms with Crippen LogP contribution in [0.2, 0.25) is 0 Å². The minimum absolute atomic E-state index is 0.0638. The van der Waals surface area contributed by atoms with E-state index in [4.69, 9.17) is 10.5 Å². The molecule has 2 amide bonds. The molecule has 0 spiro atoms. The summed E-state index contributed by atoms with van der Waals surface area (Å²) in [6.07, 6.45) is 6.10. The highest BCUT2D eigenvalue weighted by Gasteiger charge is 2.25. The number of nitrogens with one attached hydrogen (secondary N) is 2. The van der Waals surface area contributed by atoms with Crippen molar-refractivity contribution in [1.82, 2.24) is 10.6 Å². The van der Waals surface area contributed by atoms with Crippen LogP contribution in [0.15, 0.2) is 46.9 Å². The molecule has 2 fully saturated rings. The number of nitrogens with zero attached hydrogens (tertiary/aromatic N) is 2. The second kappa shape index (κ2) is 18.0. The highest BCUT2D eigenvalue weighted by Crippen LogP contribution is 2.32. The number of hydrogen-bond donors (Lipinski definition) is 3. The van der Waals surface area contributed by atoms with Crippen LogP contribution in [-0.4, -0.2) is 70.1 Å². The number of anilines is 2. The fourth-order valence-corrected chi connectivity index (χ4v) is 6.11. The Morgan fingerprint density at radius 2 is 1.67 bits per heavy atom. The Morgan fingerprint density at radius 3 is 2.28 bits per heavy atom. The topological polar surface area (TPSA) is 117 Å². The Bertz CT molecular complexity index is 1160. The van der Waals surface area contributed by atoms with Crippen molar-refractivity contribution < 1.29 is 19.1 Å². The van der Waals surface area contributed by atoms with Gasteiger partial charge in [0.25, 0.3) is 0 Å². The van der Waals surface area contributed by atoms with E-state index in [1.165, 1.54) is 5.69 Å². The van der Waals surface area contributed by atoms with Crippen LogP contribution in [0.4, 0.5) is 11.4 Å². The summed E-state index contributed by atoms with van der Waals surface area (Å²) in [7, 11) is 1.61. The number of carbonyl (C=O) groups is 3. The van der Waals surface area contributed by atoms with Crippen LogP contribution in [0.25, 0.3) is 0 Å². The Morgan fingerprint density at radius 1 is 1.02 bits per heavy atom. The van der Waals surface area contributed by atoms with Crippen molar-refractivity contribution in [2.45, 2.75) is 71.1 Å². The molecule has 1 unspecified atom stereocenters. The molecule has 2 aliphatic rings. The SMILES string of the molecule is CC.CNC(=O)CCC(C=O)NCc1c(Br)cccc1N1CCC(COC2CCN(c3ccc(C(N)=O)cc3)CC2)CC1. The Hall–Kier alpha value is -2.95. The maximum Gasteiger partial charge on any atom is 0.248 e. The number of amides is 2. The third-order valence-corrected chi connectivity index (χ3v) is 8.99. The van der Waals surface area contributed by atoms with Gasteiger partial charge in [0.05, 0.1) is 12.1 Å². The van der Waals surface area contributed by atoms with E-state index in [0.29, 0.717) is 30.9 Å². The molecule has 43 heavy (non-hydrogen) atoms. The number of benzene rings is 2. The smallest absolute Gasteiger partial charge is 0.248 e. The fraction of sp³-hybridized carbons (Fsp3) is 0.545. The van der Waals surface area contributed by atoms with Crippen LogP contribution >= 0.6 is 15.9 Å². The summed E-state index contributed by atoms with van der Waals surface area (Å²) in [6.45, 7) is 9.15. The molecule has 4 N–H and O–H groups in total. The van der Waals surface area contributed by atoms with Gasteiger partial charge in [-0.25, -0.2) is 0 Å². The lowest BCUT2D eigenvalue weighted by Crippen LogP contribution is -2.39. The molecule has 0 bridgehead atoms. The summed E-state index contributed by atoms with van der Waals surface area (Å²) < 4.78 is 7.39. The van der Waals surface area contributed by atoms with Crippen molar-refractivity contribution in [1.29, 1.82) is 0 Å². The number of hydrogen-bond acceptors (Lipinski definition) is 7. The number of nitrogens with two attached hydrogens (primary N) is 1. The van der Waals surface area contributed by atoms with E-state index in [-0.39, 0.29) is 18.1 Å². The minimum Gasteiger partial charge on any atom is -0.378 e. The molecule has 1 atom stereocenters. The molecule has 4 rings (SSSR count). The summed E-state index contributed by atoms with van der Waals surface area (Å²) in [4.78, 5) is 39.3. The van der Waals surface area contributed by atoms with Gasteiger partial charge in [-0.3, -0.25) is 9.59 Å². The van der Waals surface area contributed by atoms with Crippen molar-refractivity contribution in [2.24, 2.45) is 11.7 Å². The second-order valence-corrected chi connectivity index (χ2v) is 11.8. The molecule has 10 heteroatoms. The predicted octanol–water partition coefficient (Wildman–Crippen LogP) is 4.66. The number of primary amides is 1. The van der Waals surface area contributed by atoms with Gasteiger partial charge >= 0.3 is 0 Å². The van der Waals surface area contributed by atoms with Gasteiger partial charge in [0.15, 0.2) is 0 Å². The minimum atomic E-state index is -0.401. The summed E-state index contributed by atoms with van der Waals surface area (Å²) in [5.74, 6) is 0.0804. The summed E-state index contributed by atoms with van der Waals surface area (Å²) in [6, 6.07) is 13.4. The molecule has 0 aliphatic carbocycles. The quantitative estimate of drug-likeness (QED) is 0.268.